The zero-order valence-corrected chi connectivity index (χ0v) is 10.4. The number of ether oxygens (including phenoxy) is 2. The Hall–Kier alpha value is -2.23. The predicted octanol–water partition coefficient (Wildman–Crippen LogP) is 3.01. The van der Waals surface area contributed by atoms with Crippen LogP contribution in [0.25, 0.3) is 10.9 Å². The molecule has 1 aromatic carbocycles. The van der Waals surface area contributed by atoms with Gasteiger partial charge in [0, 0.05) is 17.1 Å². The van der Waals surface area contributed by atoms with Gasteiger partial charge >= 0.3 is 5.97 Å². The van der Waals surface area contributed by atoms with Crippen LogP contribution in [0.2, 0.25) is 0 Å². The third-order valence-corrected chi connectivity index (χ3v) is 2.43. The molecule has 4 heteroatoms. The average molecular weight is 245 g/mol. The number of carbonyl (C=O) groups excluding carboxylic acids is 1. The lowest BCUT2D eigenvalue weighted by molar-refractivity contribution is -0.137. The SMILES string of the molecule is CCOC(=O)/C=C(\C)Oc1cccc2[nH]ccc12. The largest absolute Gasteiger partial charge is 0.463 e. The van der Waals surface area contributed by atoms with Gasteiger partial charge in [-0.2, -0.15) is 0 Å². The summed E-state index contributed by atoms with van der Waals surface area (Å²) in [5.74, 6) is 0.824. The van der Waals surface area contributed by atoms with Crippen molar-refractivity contribution in [3.05, 3.63) is 42.3 Å². The topological polar surface area (TPSA) is 51.3 Å². The summed E-state index contributed by atoms with van der Waals surface area (Å²) < 4.78 is 10.5. The summed E-state index contributed by atoms with van der Waals surface area (Å²) in [7, 11) is 0. The van der Waals surface area contributed by atoms with E-state index < -0.39 is 5.97 Å². The maximum absolute atomic E-state index is 11.3. The Morgan fingerprint density at radius 1 is 1.39 bits per heavy atom. The molecule has 0 spiro atoms. The van der Waals surface area contributed by atoms with Crippen LogP contribution >= 0.6 is 0 Å². The van der Waals surface area contributed by atoms with E-state index in [4.69, 9.17) is 9.47 Å². The lowest BCUT2D eigenvalue weighted by Crippen LogP contribution is -2.02. The molecule has 4 nitrogen and oxygen atoms in total. The summed E-state index contributed by atoms with van der Waals surface area (Å²) in [6.45, 7) is 3.85. The Bertz CT molecular complexity index is 583. The van der Waals surface area contributed by atoms with Gasteiger partial charge < -0.3 is 14.5 Å². The maximum Gasteiger partial charge on any atom is 0.334 e. The first-order valence-electron chi connectivity index (χ1n) is 5.79. The van der Waals surface area contributed by atoms with Gasteiger partial charge in [-0.3, -0.25) is 0 Å². The van der Waals surface area contributed by atoms with E-state index in [1.807, 2.05) is 30.5 Å². The van der Waals surface area contributed by atoms with Crippen LogP contribution in [0.15, 0.2) is 42.3 Å². The zero-order chi connectivity index (χ0) is 13.0. The highest BCUT2D eigenvalue weighted by Gasteiger charge is 2.05. The Morgan fingerprint density at radius 2 is 2.22 bits per heavy atom. The van der Waals surface area contributed by atoms with Gasteiger partial charge in [-0.25, -0.2) is 4.79 Å². The molecular weight excluding hydrogens is 230 g/mol. The van der Waals surface area contributed by atoms with Crippen molar-refractivity contribution in [2.45, 2.75) is 13.8 Å². The number of rotatable bonds is 4. The monoisotopic (exact) mass is 245 g/mol. The summed E-state index contributed by atoms with van der Waals surface area (Å²) in [5, 5.41) is 0.981. The molecular formula is C14H15NO3. The van der Waals surface area contributed by atoms with Gasteiger partial charge in [0.1, 0.15) is 11.5 Å². The van der Waals surface area contributed by atoms with Gasteiger partial charge in [-0.15, -0.1) is 0 Å². The van der Waals surface area contributed by atoms with E-state index in [9.17, 15) is 4.79 Å². The molecule has 0 amide bonds. The van der Waals surface area contributed by atoms with Crippen molar-refractivity contribution in [3.63, 3.8) is 0 Å². The van der Waals surface area contributed by atoms with Crippen molar-refractivity contribution < 1.29 is 14.3 Å². The number of allylic oxidation sites excluding steroid dienone is 1. The predicted molar refractivity (Wildman–Crippen MR) is 69.3 cm³/mol. The third kappa shape index (κ3) is 2.71. The molecule has 18 heavy (non-hydrogen) atoms. The highest BCUT2D eigenvalue weighted by molar-refractivity contribution is 5.86. The van der Waals surface area contributed by atoms with Crippen molar-refractivity contribution in [2.24, 2.45) is 0 Å². The fraction of sp³-hybridized carbons (Fsp3) is 0.214. The number of hydrogen-bond acceptors (Lipinski definition) is 3. The summed E-state index contributed by atoms with van der Waals surface area (Å²) in [5.41, 5.74) is 0.997. The second-order valence-corrected chi connectivity index (χ2v) is 3.80. The number of hydrogen-bond donors (Lipinski definition) is 1. The quantitative estimate of drug-likeness (QED) is 0.511. The molecule has 94 valence electrons. The van der Waals surface area contributed by atoms with Crippen LogP contribution in [0.3, 0.4) is 0 Å². The first kappa shape index (κ1) is 12.2. The summed E-state index contributed by atoms with van der Waals surface area (Å²) in [6.07, 6.45) is 3.19. The fourth-order valence-electron chi connectivity index (χ4n) is 1.70. The normalized spacial score (nSPS) is 11.6. The molecule has 0 aliphatic rings. The van der Waals surface area contributed by atoms with E-state index in [1.54, 1.807) is 13.8 Å². The molecule has 0 aliphatic carbocycles. The van der Waals surface area contributed by atoms with Crippen LogP contribution in [0.4, 0.5) is 0 Å². The molecule has 0 aliphatic heterocycles. The standard InChI is InChI=1S/C14H15NO3/c1-3-17-14(16)9-10(2)18-13-6-4-5-12-11(13)7-8-15-12/h4-9,15H,3H2,1-2H3/b10-9+. The Kier molecular flexibility index (Phi) is 3.67. The lowest BCUT2D eigenvalue weighted by Gasteiger charge is -2.07. The number of esters is 1. The van der Waals surface area contributed by atoms with E-state index in [0.717, 1.165) is 10.9 Å². The van der Waals surface area contributed by atoms with Gasteiger partial charge in [-0.05, 0) is 32.0 Å². The molecule has 0 bridgehead atoms. The minimum absolute atomic E-state index is 0.357. The molecule has 1 heterocycles. The molecule has 0 atom stereocenters. The van der Waals surface area contributed by atoms with E-state index in [0.29, 0.717) is 18.1 Å². The second kappa shape index (κ2) is 5.40. The van der Waals surface area contributed by atoms with Crippen molar-refractivity contribution in [1.29, 1.82) is 0 Å². The summed E-state index contributed by atoms with van der Waals surface area (Å²) >= 11 is 0. The van der Waals surface area contributed by atoms with Gasteiger partial charge in [0.15, 0.2) is 0 Å². The van der Waals surface area contributed by atoms with E-state index in [2.05, 4.69) is 4.98 Å². The molecule has 0 radical (unpaired) electrons. The Labute approximate surface area is 105 Å². The third-order valence-electron chi connectivity index (χ3n) is 2.43. The van der Waals surface area contributed by atoms with Crippen LogP contribution in [-0.4, -0.2) is 17.6 Å². The maximum atomic E-state index is 11.3. The average Bonchev–Trinajstić information content (AvgIpc) is 2.78. The summed E-state index contributed by atoms with van der Waals surface area (Å²) in [4.78, 5) is 14.4. The van der Waals surface area contributed by atoms with Crippen molar-refractivity contribution in [3.8, 4) is 5.75 Å². The number of aromatic amines is 1. The van der Waals surface area contributed by atoms with E-state index in [-0.39, 0.29) is 0 Å². The van der Waals surface area contributed by atoms with Crippen LogP contribution in [-0.2, 0) is 9.53 Å². The molecule has 0 saturated heterocycles. The summed E-state index contributed by atoms with van der Waals surface area (Å²) in [6, 6.07) is 7.65. The first-order valence-corrected chi connectivity index (χ1v) is 5.79. The molecule has 0 unspecified atom stereocenters. The first-order chi connectivity index (χ1) is 8.70. The van der Waals surface area contributed by atoms with Crippen molar-refractivity contribution in [2.75, 3.05) is 6.61 Å². The molecule has 2 aromatic rings. The van der Waals surface area contributed by atoms with Crippen LogP contribution in [0, 0.1) is 0 Å². The van der Waals surface area contributed by atoms with Gasteiger partial charge in [-0.1, -0.05) is 6.07 Å². The number of nitrogens with one attached hydrogen (secondary N) is 1. The minimum atomic E-state index is -0.392. The van der Waals surface area contributed by atoms with Gasteiger partial charge in [0.2, 0.25) is 0 Å². The van der Waals surface area contributed by atoms with Crippen LogP contribution in [0.1, 0.15) is 13.8 Å². The molecule has 1 aromatic heterocycles. The smallest absolute Gasteiger partial charge is 0.334 e. The number of carbonyl (C=O) groups is 1. The number of benzene rings is 1. The van der Waals surface area contributed by atoms with E-state index in [1.165, 1.54) is 6.08 Å². The number of aromatic nitrogens is 1. The van der Waals surface area contributed by atoms with E-state index >= 15 is 0 Å². The Balaban J connectivity index is 2.18. The second-order valence-electron chi connectivity index (χ2n) is 3.80. The van der Waals surface area contributed by atoms with Crippen molar-refractivity contribution in [1.82, 2.24) is 4.98 Å². The molecule has 0 fully saturated rings. The number of H-pyrrole nitrogens is 1. The van der Waals surface area contributed by atoms with Crippen LogP contribution < -0.4 is 4.74 Å². The molecule has 1 N–H and O–H groups in total. The highest BCUT2D eigenvalue weighted by atomic mass is 16.5. The zero-order valence-electron chi connectivity index (χ0n) is 10.4. The molecule has 2 rings (SSSR count). The fourth-order valence-corrected chi connectivity index (χ4v) is 1.70. The van der Waals surface area contributed by atoms with Gasteiger partial charge in [0.25, 0.3) is 0 Å². The lowest BCUT2D eigenvalue weighted by atomic mass is 10.2. The Morgan fingerprint density at radius 3 is 3.00 bits per heavy atom. The number of fused-ring (bicyclic) bond motifs is 1. The van der Waals surface area contributed by atoms with Gasteiger partial charge in [0.05, 0.1) is 12.7 Å². The van der Waals surface area contributed by atoms with Crippen molar-refractivity contribution >= 4 is 16.9 Å². The molecule has 0 saturated carbocycles. The minimum Gasteiger partial charge on any atom is -0.463 e. The highest BCUT2D eigenvalue weighted by Crippen LogP contribution is 2.25. The van der Waals surface area contributed by atoms with Crippen LogP contribution in [0.5, 0.6) is 5.75 Å².